The third kappa shape index (κ3) is 4.96. The molecule has 0 fully saturated rings. The Balaban J connectivity index is 2.61. The maximum atomic E-state index is 5.78. The van der Waals surface area contributed by atoms with E-state index in [1.165, 1.54) is 0 Å². The summed E-state index contributed by atoms with van der Waals surface area (Å²) >= 11 is 0. The van der Waals surface area contributed by atoms with Crippen molar-refractivity contribution in [2.24, 2.45) is 0 Å². The van der Waals surface area contributed by atoms with Gasteiger partial charge in [0.05, 0.1) is 0 Å². The predicted molar refractivity (Wildman–Crippen MR) is 83.0 cm³/mol. The third-order valence-electron chi connectivity index (χ3n) is 3.18. The molecule has 0 aliphatic carbocycles. The Morgan fingerprint density at radius 1 is 1.10 bits per heavy atom. The van der Waals surface area contributed by atoms with E-state index in [0.29, 0.717) is 30.4 Å². The number of nitrogen functional groups attached to an aromatic ring is 1. The van der Waals surface area contributed by atoms with Crippen molar-refractivity contribution in [1.29, 1.82) is 0 Å². The molecule has 1 rings (SSSR count). The maximum absolute atomic E-state index is 5.78. The number of ether oxygens (including phenoxy) is 1. The average molecular weight is 280 g/mol. The maximum Gasteiger partial charge on any atom is 0.218 e. The molecular formula is C15H28N4O. The van der Waals surface area contributed by atoms with Crippen LogP contribution in [-0.2, 0) is 0 Å². The smallest absolute Gasteiger partial charge is 0.218 e. The summed E-state index contributed by atoms with van der Waals surface area (Å²) in [5.74, 6) is 1.99. The minimum absolute atomic E-state index is 0.240. The molecule has 0 amide bonds. The standard InChI is InChI=1S/C15H28N4O/c1-10(2)15-17-13(16)9-14(18-15)20-8-7-19(11(3)4)12(5)6/h9-12H,7-8H2,1-6H3,(H2,16,17,18). The Bertz CT molecular complexity index is 410. The molecular weight excluding hydrogens is 252 g/mol. The minimum Gasteiger partial charge on any atom is -0.476 e. The van der Waals surface area contributed by atoms with Gasteiger partial charge in [-0.1, -0.05) is 13.8 Å². The van der Waals surface area contributed by atoms with Crippen LogP contribution in [0.15, 0.2) is 6.07 Å². The van der Waals surface area contributed by atoms with E-state index in [9.17, 15) is 0 Å². The monoisotopic (exact) mass is 280 g/mol. The van der Waals surface area contributed by atoms with Crippen LogP contribution >= 0.6 is 0 Å². The van der Waals surface area contributed by atoms with Gasteiger partial charge < -0.3 is 10.5 Å². The molecule has 0 spiro atoms. The molecule has 0 saturated heterocycles. The highest BCUT2D eigenvalue weighted by molar-refractivity contribution is 5.33. The second-order valence-corrected chi connectivity index (χ2v) is 5.92. The van der Waals surface area contributed by atoms with Gasteiger partial charge in [-0.2, -0.15) is 4.98 Å². The van der Waals surface area contributed by atoms with Crippen molar-refractivity contribution in [3.8, 4) is 5.88 Å². The van der Waals surface area contributed by atoms with Crippen LogP contribution in [0.1, 0.15) is 53.3 Å². The van der Waals surface area contributed by atoms with Gasteiger partial charge in [0.1, 0.15) is 18.2 Å². The molecule has 0 unspecified atom stereocenters. The van der Waals surface area contributed by atoms with E-state index in [2.05, 4.69) is 42.6 Å². The highest BCUT2D eigenvalue weighted by atomic mass is 16.5. The van der Waals surface area contributed by atoms with Gasteiger partial charge in [0.2, 0.25) is 5.88 Å². The highest BCUT2D eigenvalue weighted by Crippen LogP contribution is 2.16. The van der Waals surface area contributed by atoms with Crippen LogP contribution in [0.25, 0.3) is 0 Å². The molecule has 1 aromatic heterocycles. The van der Waals surface area contributed by atoms with Gasteiger partial charge in [-0.15, -0.1) is 0 Å². The zero-order chi connectivity index (χ0) is 15.3. The second-order valence-electron chi connectivity index (χ2n) is 5.92. The summed E-state index contributed by atoms with van der Waals surface area (Å²) in [6.07, 6.45) is 0. The Labute approximate surface area is 122 Å². The lowest BCUT2D eigenvalue weighted by molar-refractivity contribution is 0.140. The van der Waals surface area contributed by atoms with Crippen LogP contribution in [0.2, 0.25) is 0 Å². The summed E-state index contributed by atoms with van der Waals surface area (Å²) in [5.41, 5.74) is 5.78. The summed E-state index contributed by atoms with van der Waals surface area (Å²) < 4.78 is 5.74. The van der Waals surface area contributed by atoms with Crippen molar-refractivity contribution in [3.05, 3.63) is 11.9 Å². The summed E-state index contributed by atoms with van der Waals surface area (Å²) in [4.78, 5) is 11.0. The van der Waals surface area contributed by atoms with Crippen LogP contribution in [0.3, 0.4) is 0 Å². The lowest BCUT2D eigenvalue weighted by Crippen LogP contribution is -2.39. The largest absolute Gasteiger partial charge is 0.476 e. The summed E-state index contributed by atoms with van der Waals surface area (Å²) in [6, 6.07) is 2.68. The summed E-state index contributed by atoms with van der Waals surface area (Å²) in [5, 5.41) is 0. The lowest BCUT2D eigenvalue weighted by Gasteiger charge is -2.30. The first-order valence-electron chi connectivity index (χ1n) is 7.34. The zero-order valence-corrected chi connectivity index (χ0v) is 13.6. The van der Waals surface area contributed by atoms with Crippen molar-refractivity contribution in [2.45, 2.75) is 59.5 Å². The van der Waals surface area contributed by atoms with Crippen molar-refractivity contribution in [1.82, 2.24) is 14.9 Å². The summed E-state index contributed by atoms with van der Waals surface area (Å²) in [6.45, 7) is 14.3. The van der Waals surface area contributed by atoms with Crippen molar-refractivity contribution in [3.63, 3.8) is 0 Å². The molecule has 5 nitrogen and oxygen atoms in total. The van der Waals surface area contributed by atoms with Gasteiger partial charge >= 0.3 is 0 Å². The molecule has 0 aliphatic rings. The molecule has 0 aliphatic heterocycles. The number of hydrogen-bond acceptors (Lipinski definition) is 5. The normalized spacial score (nSPS) is 11.9. The molecule has 114 valence electrons. The molecule has 0 aromatic carbocycles. The zero-order valence-electron chi connectivity index (χ0n) is 13.6. The van der Waals surface area contributed by atoms with E-state index in [1.54, 1.807) is 6.07 Å². The Kier molecular flexibility index (Phi) is 6.20. The molecule has 1 heterocycles. The Hall–Kier alpha value is -1.36. The van der Waals surface area contributed by atoms with Crippen LogP contribution < -0.4 is 10.5 Å². The topological polar surface area (TPSA) is 64.3 Å². The van der Waals surface area contributed by atoms with Crippen LogP contribution in [0.5, 0.6) is 5.88 Å². The third-order valence-corrected chi connectivity index (χ3v) is 3.18. The minimum atomic E-state index is 0.240. The SMILES string of the molecule is CC(C)c1nc(N)cc(OCCN(C(C)C)C(C)C)n1. The van der Waals surface area contributed by atoms with Gasteiger partial charge in [-0.3, -0.25) is 4.90 Å². The first-order chi connectivity index (χ1) is 9.31. The Morgan fingerprint density at radius 2 is 1.70 bits per heavy atom. The van der Waals surface area contributed by atoms with Gasteiger partial charge in [-0.25, -0.2) is 4.98 Å². The lowest BCUT2D eigenvalue weighted by atomic mass is 10.2. The first-order valence-corrected chi connectivity index (χ1v) is 7.34. The number of nitrogens with two attached hydrogens (primary N) is 1. The molecule has 1 aromatic rings. The fourth-order valence-corrected chi connectivity index (χ4v) is 2.16. The van der Waals surface area contributed by atoms with Crippen LogP contribution in [0, 0.1) is 0 Å². The second kappa shape index (κ2) is 7.43. The molecule has 0 radical (unpaired) electrons. The van der Waals surface area contributed by atoms with Crippen molar-refractivity contribution < 1.29 is 4.74 Å². The van der Waals surface area contributed by atoms with E-state index in [-0.39, 0.29) is 5.92 Å². The van der Waals surface area contributed by atoms with E-state index < -0.39 is 0 Å². The van der Waals surface area contributed by atoms with Crippen LogP contribution in [0.4, 0.5) is 5.82 Å². The predicted octanol–water partition coefficient (Wildman–Crippen LogP) is 2.68. The van der Waals surface area contributed by atoms with E-state index >= 15 is 0 Å². The fourth-order valence-electron chi connectivity index (χ4n) is 2.16. The van der Waals surface area contributed by atoms with E-state index in [1.807, 2.05) is 13.8 Å². The molecule has 20 heavy (non-hydrogen) atoms. The molecule has 0 saturated carbocycles. The number of rotatable bonds is 7. The number of hydrogen-bond donors (Lipinski definition) is 1. The van der Waals surface area contributed by atoms with Crippen LogP contribution in [-0.4, -0.2) is 40.1 Å². The van der Waals surface area contributed by atoms with Gasteiger partial charge in [0.25, 0.3) is 0 Å². The molecule has 5 heteroatoms. The summed E-state index contributed by atoms with van der Waals surface area (Å²) in [7, 11) is 0. The molecule has 0 bridgehead atoms. The fraction of sp³-hybridized carbons (Fsp3) is 0.733. The van der Waals surface area contributed by atoms with Gasteiger partial charge in [0, 0.05) is 30.6 Å². The highest BCUT2D eigenvalue weighted by Gasteiger charge is 2.13. The van der Waals surface area contributed by atoms with Gasteiger partial charge in [-0.05, 0) is 27.7 Å². The first kappa shape index (κ1) is 16.7. The van der Waals surface area contributed by atoms with Gasteiger partial charge in [0.15, 0.2) is 0 Å². The quantitative estimate of drug-likeness (QED) is 0.832. The number of anilines is 1. The molecule has 0 atom stereocenters. The van der Waals surface area contributed by atoms with E-state index in [4.69, 9.17) is 10.5 Å². The van der Waals surface area contributed by atoms with E-state index in [0.717, 1.165) is 12.4 Å². The molecule has 2 N–H and O–H groups in total. The number of aromatic nitrogens is 2. The average Bonchev–Trinajstić information content (AvgIpc) is 2.32. The van der Waals surface area contributed by atoms with Crippen molar-refractivity contribution >= 4 is 5.82 Å². The van der Waals surface area contributed by atoms with Crippen molar-refractivity contribution in [2.75, 3.05) is 18.9 Å². The Morgan fingerprint density at radius 3 is 2.20 bits per heavy atom. The number of nitrogens with zero attached hydrogens (tertiary/aromatic N) is 3.